The van der Waals surface area contributed by atoms with Gasteiger partial charge in [0.15, 0.2) is 0 Å². The Morgan fingerprint density at radius 2 is 0.736 bits per heavy atom. The fourth-order valence-electron chi connectivity index (χ4n) is 8.57. The van der Waals surface area contributed by atoms with Gasteiger partial charge in [0.1, 0.15) is 11.2 Å². The van der Waals surface area contributed by atoms with Crippen molar-refractivity contribution >= 4 is 65.0 Å². The van der Waals surface area contributed by atoms with Crippen LogP contribution in [0.25, 0.3) is 110 Å². The molecule has 0 fully saturated rings. The van der Waals surface area contributed by atoms with E-state index < -0.39 is 0 Å². The molecule has 0 N–H and O–H groups in total. The highest BCUT2D eigenvalue weighted by Crippen LogP contribution is 2.47. The fourth-order valence-corrected chi connectivity index (χ4v) is 8.57. The highest BCUT2D eigenvalue weighted by Gasteiger charge is 2.20. The summed E-state index contributed by atoms with van der Waals surface area (Å²) in [7, 11) is 0. The highest BCUT2D eigenvalue weighted by atomic mass is 16.3. The Labute approximate surface area is 307 Å². The molecule has 0 spiro atoms. The van der Waals surface area contributed by atoms with Crippen molar-refractivity contribution in [1.82, 2.24) is 0 Å². The minimum Gasteiger partial charge on any atom is -0.455 e. The molecule has 53 heavy (non-hydrogen) atoms. The lowest BCUT2D eigenvalue weighted by atomic mass is 9.85. The van der Waals surface area contributed by atoms with Crippen molar-refractivity contribution in [3.05, 3.63) is 194 Å². The summed E-state index contributed by atoms with van der Waals surface area (Å²) in [4.78, 5) is 0. The van der Waals surface area contributed by atoms with E-state index in [2.05, 4.69) is 194 Å². The molecule has 11 aromatic rings. The molecular formula is C52H32O. The van der Waals surface area contributed by atoms with Crippen molar-refractivity contribution in [2.45, 2.75) is 0 Å². The van der Waals surface area contributed by atoms with Gasteiger partial charge < -0.3 is 4.42 Å². The molecule has 0 radical (unpaired) electrons. The van der Waals surface area contributed by atoms with E-state index in [0.29, 0.717) is 0 Å². The van der Waals surface area contributed by atoms with Crippen molar-refractivity contribution in [1.29, 1.82) is 0 Å². The van der Waals surface area contributed by atoms with Crippen LogP contribution in [-0.2, 0) is 0 Å². The summed E-state index contributed by atoms with van der Waals surface area (Å²) >= 11 is 0. The van der Waals surface area contributed by atoms with Crippen LogP contribution in [0.3, 0.4) is 0 Å². The second kappa shape index (κ2) is 11.8. The van der Waals surface area contributed by atoms with Crippen LogP contribution in [0.2, 0.25) is 0 Å². The number of hydrogen-bond donors (Lipinski definition) is 0. The summed E-state index contributed by atoms with van der Waals surface area (Å²) in [5, 5.41) is 12.1. The zero-order chi connectivity index (χ0) is 34.9. The zero-order valence-corrected chi connectivity index (χ0v) is 28.9. The van der Waals surface area contributed by atoms with E-state index in [0.717, 1.165) is 27.5 Å². The van der Waals surface area contributed by atoms with E-state index in [1.165, 1.54) is 82.0 Å². The average Bonchev–Trinajstić information content (AvgIpc) is 3.59. The molecule has 0 aliphatic rings. The minimum absolute atomic E-state index is 0.915. The molecule has 0 amide bonds. The molecule has 1 heteroatoms. The summed E-state index contributed by atoms with van der Waals surface area (Å²) in [5.41, 5.74) is 11.5. The third-order valence-corrected chi connectivity index (χ3v) is 11.0. The maximum absolute atomic E-state index is 6.78. The van der Waals surface area contributed by atoms with Crippen molar-refractivity contribution < 1.29 is 4.42 Å². The van der Waals surface area contributed by atoms with E-state index in [4.69, 9.17) is 4.42 Å². The van der Waals surface area contributed by atoms with Crippen LogP contribution in [0.5, 0.6) is 0 Å². The second-order valence-electron chi connectivity index (χ2n) is 14.0. The van der Waals surface area contributed by atoms with Crippen LogP contribution < -0.4 is 0 Å². The number of hydrogen-bond acceptors (Lipinski definition) is 1. The van der Waals surface area contributed by atoms with Crippen molar-refractivity contribution in [2.24, 2.45) is 0 Å². The van der Waals surface area contributed by atoms with Gasteiger partial charge >= 0.3 is 0 Å². The highest BCUT2D eigenvalue weighted by molar-refractivity contribution is 6.24. The number of rotatable bonds is 4. The van der Waals surface area contributed by atoms with Gasteiger partial charge in [-0.15, -0.1) is 0 Å². The predicted molar refractivity (Wildman–Crippen MR) is 225 cm³/mol. The molecule has 1 aromatic heterocycles. The van der Waals surface area contributed by atoms with Crippen LogP contribution in [0.15, 0.2) is 199 Å². The van der Waals surface area contributed by atoms with Gasteiger partial charge in [0.2, 0.25) is 0 Å². The topological polar surface area (TPSA) is 13.1 Å². The quantitative estimate of drug-likeness (QED) is 0.170. The van der Waals surface area contributed by atoms with E-state index >= 15 is 0 Å². The molecule has 0 bridgehead atoms. The second-order valence-corrected chi connectivity index (χ2v) is 14.0. The SMILES string of the molecule is c1ccc(-c2ccc3ccccc3c2)c(-c2ccc(-c3c4ccccc4c(-c4cccc5c4oc4cc6ccccc6cc45)c4ccccc34)cc2)c1. The van der Waals surface area contributed by atoms with Gasteiger partial charge in [-0.2, -0.15) is 0 Å². The molecule has 10 aromatic carbocycles. The van der Waals surface area contributed by atoms with E-state index in [9.17, 15) is 0 Å². The first-order valence-electron chi connectivity index (χ1n) is 18.3. The summed E-state index contributed by atoms with van der Waals surface area (Å²) in [6.45, 7) is 0. The Morgan fingerprint density at radius 3 is 1.42 bits per heavy atom. The molecule has 1 heterocycles. The number of furan rings is 1. The Morgan fingerprint density at radius 1 is 0.264 bits per heavy atom. The average molecular weight is 673 g/mol. The maximum atomic E-state index is 6.78. The largest absolute Gasteiger partial charge is 0.455 e. The molecule has 11 rings (SSSR count). The molecule has 0 atom stereocenters. The van der Waals surface area contributed by atoms with Crippen molar-refractivity contribution in [3.63, 3.8) is 0 Å². The molecule has 0 aliphatic carbocycles. The van der Waals surface area contributed by atoms with Crippen molar-refractivity contribution in [2.75, 3.05) is 0 Å². The van der Waals surface area contributed by atoms with Crippen LogP contribution in [0, 0.1) is 0 Å². The molecule has 0 saturated heterocycles. The zero-order valence-electron chi connectivity index (χ0n) is 28.9. The Kier molecular flexibility index (Phi) is 6.62. The molecular weight excluding hydrogens is 641 g/mol. The number of para-hydroxylation sites is 1. The summed E-state index contributed by atoms with van der Waals surface area (Å²) in [5.74, 6) is 0. The Balaban J connectivity index is 1.09. The van der Waals surface area contributed by atoms with Crippen LogP contribution in [0.4, 0.5) is 0 Å². The first kappa shape index (κ1) is 29.7. The summed E-state index contributed by atoms with van der Waals surface area (Å²) in [6, 6.07) is 70.5. The van der Waals surface area contributed by atoms with Gasteiger partial charge in [0.05, 0.1) is 0 Å². The van der Waals surface area contributed by atoms with Gasteiger partial charge in [-0.25, -0.2) is 0 Å². The molecule has 0 unspecified atom stereocenters. The first-order valence-corrected chi connectivity index (χ1v) is 18.3. The van der Waals surface area contributed by atoms with Gasteiger partial charge in [-0.1, -0.05) is 176 Å². The standard InChI is InChI=1S/C52H32O/c1-2-13-36-30-39(29-24-33(36)12-1)41-17-6-5-16-40(41)34-25-27-35(28-26-34)50-42-18-7-9-20-44(42)51(45-21-10-8-19-43(45)50)47-23-11-22-46-48-31-37-14-3-4-15-38(37)32-49(48)53-52(46)47/h1-32H. The van der Waals surface area contributed by atoms with Crippen LogP contribution in [-0.4, -0.2) is 0 Å². The fraction of sp³-hybridized carbons (Fsp3) is 0. The minimum atomic E-state index is 0.915. The lowest BCUT2D eigenvalue weighted by Crippen LogP contribution is -1.91. The molecule has 246 valence electrons. The number of benzene rings is 10. The van der Waals surface area contributed by atoms with Crippen LogP contribution >= 0.6 is 0 Å². The third-order valence-electron chi connectivity index (χ3n) is 11.0. The summed E-state index contributed by atoms with van der Waals surface area (Å²) in [6.07, 6.45) is 0. The maximum Gasteiger partial charge on any atom is 0.143 e. The first-order chi connectivity index (χ1) is 26.3. The van der Waals surface area contributed by atoms with Gasteiger partial charge in [0.25, 0.3) is 0 Å². The van der Waals surface area contributed by atoms with Gasteiger partial charge in [-0.05, 0) is 94.7 Å². The van der Waals surface area contributed by atoms with E-state index in [1.807, 2.05) is 0 Å². The van der Waals surface area contributed by atoms with Crippen LogP contribution in [0.1, 0.15) is 0 Å². The molecule has 1 nitrogen and oxygen atoms in total. The molecule has 0 saturated carbocycles. The third kappa shape index (κ3) is 4.71. The smallest absolute Gasteiger partial charge is 0.143 e. The Bertz CT molecular complexity index is 3160. The molecule has 0 aliphatic heterocycles. The lowest BCUT2D eigenvalue weighted by molar-refractivity contribution is 0.670. The monoisotopic (exact) mass is 672 g/mol. The Hall–Kier alpha value is -6.96. The van der Waals surface area contributed by atoms with E-state index in [1.54, 1.807) is 0 Å². The normalized spacial score (nSPS) is 11.8. The van der Waals surface area contributed by atoms with E-state index in [-0.39, 0.29) is 0 Å². The lowest BCUT2D eigenvalue weighted by Gasteiger charge is -2.18. The summed E-state index contributed by atoms with van der Waals surface area (Å²) < 4.78 is 6.78. The van der Waals surface area contributed by atoms with Gasteiger partial charge in [-0.3, -0.25) is 0 Å². The van der Waals surface area contributed by atoms with Crippen molar-refractivity contribution in [3.8, 4) is 44.5 Å². The predicted octanol–water partition coefficient (Wildman–Crippen LogP) is 14.9. The number of fused-ring (bicyclic) bond motifs is 7. The van der Waals surface area contributed by atoms with Gasteiger partial charge in [0, 0.05) is 21.9 Å².